The lowest BCUT2D eigenvalue weighted by Crippen LogP contribution is -2.37. The summed E-state index contributed by atoms with van der Waals surface area (Å²) in [5.74, 6) is 1.58. The molecule has 21 heavy (non-hydrogen) atoms. The van der Waals surface area contributed by atoms with Crippen LogP contribution in [0.1, 0.15) is 23.4 Å². The quantitative estimate of drug-likeness (QED) is 0.433. The average Bonchev–Trinajstić information content (AvgIpc) is 3.08. The molecule has 0 unspecified atom stereocenters. The van der Waals surface area contributed by atoms with E-state index in [1.54, 1.807) is 23.1 Å². The summed E-state index contributed by atoms with van der Waals surface area (Å²) in [7, 11) is 3.60. The number of rotatable bonds is 5. The van der Waals surface area contributed by atoms with Crippen LogP contribution in [0.5, 0.6) is 0 Å². The van der Waals surface area contributed by atoms with Gasteiger partial charge in [-0.3, -0.25) is 9.67 Å². The average molecular weight is 421 g/mol. The van der Waals surface area contributed by atoms with Gasteiger partial charge < -0.3 is 10.6 Å². The second kappa shape index (κ2) is 8.93. The van der Waals surface area contributed by atoms with Gasteiger partial charge in [0.05, 0.1) is 23.8 Å². The predicted octanol–water partition coefficient (Wildman–Crippen LogP) is 1.32. The van der Waals surface area contributed by atoms with Gasteiger partial charge in [-0.05, 0) is 6.42 Å². The Kier molecular flexibility index (Phi) is 7.57. The van der Waals surface area contributed by atoms with E-state index >= 15 is 0 Å². The van der Waals surface area contributed by atoms with E-state index in [0.29, 0.717) is 13.1 Å². The molecule has 2 N–H and O–H groups in total. The molecule has 0 aliphatic rings. The van der Waals surface area contributed by atoms with Gasteiger partial charge in [0.2, 0.25) is 0 Å². The van der Waals surface area contributed by atoms with Crippen molar-refractivity contribution in [2.75, 3.05) is 7.05 Å². The van der Waals surface area contributed by atoms with Crippen LogP contribution in [0, 0.1) is 0 Å². The van der Waals surface area contributed by atoms with Crippen LogP contribution in [0.3, 0.4) is 0 Å². The Hall–Kier alpha value is -1.23. The topological polar surface area (TPSA) is 80.0 Å². The van der Waals surface area contributed by atoms with Crippen LogP contribution in [0.2, 0.25) is 0 Å². The first-order chi connectivity index (χ1) is 9.72. The Morgan fingerprint density at radius 2 is 2.14 bits per heavy atom. The van der Waals surface area contributed by atoms with Crippen LogP contribution >= 0.6 is 35.3 Å². The summed E-state index contributed by atoms with van der Waals surface area (Å²) in [6, 6.07) is 0. The van der Waals surface area contributed by atoms with Crippen molar-refractivity contribution in [3.05, 3.63) is 28.2 Å². The van der Waals surface area contributed by atoms with Crippen molar-refractivity contribution in [2.45, 2.75) is 26.4 Å². The summed E-state index contributed by atoms with van der Waals surface area (Å²) in [6.07, 6.45) is 2.51. The Bertz CT molecular complexity index is 578. The SMILES string of the molecule is CCc1nc(CNC(=NC)NCc2ncnn2C)cs1.I. The molecule has 2 aromatic heterocycles. The van der Waals surface area contributed by atoms with Crippen molar-refractivity contribution < 1.29 is 0 Å². The van der Waals surface area contributed by atoms with Crippen LogP contribution in [-0.2, 0) is 26.6 Å². The predicted molar refractivity (Wildman–Crippen MR) is 94.9 cm³/mol. The molecule has 9 heteroatoms. The number of thiazole rings is 1. The lowest BCUT2D eigenvalue weighted by Gasteiger charge is -2.10. The summed E-state index contributed by atoms with van der Waals surface area (Å²) in [6.45, 7) is 3.35. The molecule has 0 saturated carbocycles. The lowest BCUT2D eigenvalue weighted by molar-refractivity contribution is 0.672. The Morgan fingerprint density at radius 3 is 2.71 bits per heavy atom. The molecule has 0 aliphatic heterocycles. The van der Waals surface area contributed by atoms with Gasteiger partial charge in [0, 0.05) is 19.5 Å². The molecule has 0 spiro atoms. The van der Waals surface area contributed by atoms with E-state index in [1.807, 2.05) is 7.05 Å². The molecule has 0 saturated heterocycles. The van der Waals surface area contributed by atoms with Gasteiger partial charge in [-0.15, -0.1) is 35.3 Å². The van der Waals surface area contributed by atoms with Crippen LogP contribution in [-0.4, -0.2) is 32.8 Å². The molecule has 0 amide bonds. The van der Waals surface area contributed by atoms with Crippen LogP contribution in [0.4, 0.5) is 0 Å². The van der Waals surface area contributed by atoms with E-state index in [2.05, 4.69) is 43.0 Å². The molecule has 2 aromatic rings. The minimum absolute atomic E-state index is 0. The van der Waals surface area contributed by atoms with Gasteiger partial charge in [-0.1, -0.05) is 6.92 Å². The van der Waals surface area contributed by atoms with E-state index in [9.17, 15) is 0 Å². The molecule has 7 nitrogen and oxygen atoms in total. The van der Waals surface area contributed by atoms with Crippen LogP contribution in [0.15, 0.2) is 16.7 Å². The number of hydrogen-bond acceptors (Lipinski definition) is 5. The van der Waals surface area contributed by atoms with Crippen LogP contribution < -0.4 is 10.6 Å². The zero-order valence-electron chi connectivity index (χ0n) is 12.3. The van der Waals surface area contributed by atoms with E-state index in [1.165, 1.54) is 6.33 Å². The van der Waals surface area contributed by atoms with Gasteiger partial charge in [0.15, 0.2) is 5.96 Å². The standard InChI is InChI=1S/C12H19N7S.HI/c1-4-11-18-9(7-20-11)5-14-12(13-2)15-6-10-16-8-17-19(10)3;/h7-8H,4-6H2,1-3H3,(H2,13,14,15);1H. The third kappa shape index (κ3) is 5.23. The molecule has 0 radical (unpaired) electrons. The molecule has 116 valence electrons. The summed E-state index contributed by atoms with van der Waals surface area (Å²) in [5, 5.41) is 13.7. The van der Waals surface area contributed by atoms with Crippen molar-refractivity contribution in [2.24, 2.45) is 12.0 Å². The number of aliphatic imine (C=N–C) groups is 1. The van der Waals surface area contributed by atoms with E-state index in [0.717, 1.165) is 28.9 Å². The number of nitrogens with zero attached hydrogens (tertiary/aromatic N) is 5. The summed E-state index contributed by atoms with van der Waals surface area (Å²) in [5.41, 5.74) is 1.04. The molecular weight excluding hydrogens is 401 g/mol. The summed E-state index contributed by atoms with van der Waals surface area (Å²) in [4.78, 5) is 12.8. The van der Waals surface area contributed by atoms with Crippen molar-refractivity contribution >= 4 is 41.3 Å². The van der Waals surface area contributed by atoms with E-state index in [4.69, 9.17) is 0 Å². The maximum Gasteiger partial charge on any atom is 0.191 e. The summed E-state index contributed by atoms with van der Waals surface area (Å²) >= 11 is 1.69. The lowest BCUT2D eigenvalue weighted by atomic mass is 10.4. The first kappa shape index (κ1) is 17.8. The normalized spacial score (nSPS) is 11.1. The van der Waals surface area contributed by atoms with Crippen LogP contribution in [0.25, 0.3) is 0 Å². The highest BCUT2D eigenvalue weighted by Crippen LogP contribution is 2.09. The van der Waals surface area contributed by atoms with Crippen molar-refractivity contribution in [3.8, 4) is 0 Å². The fraction of sp³-hybridized carbons (Fsp3) is 0.500. The Balaban J connectivity index is 0.00000220. The van der Waals surface area contributed by atoms with Crippen molar-refractivity contribution in [1.82, 2.24) is 30.4 Å². The number of aryl methyl sites for hydroxylation is 2. The molecule has 0 fully saturated rings. The molecule has 0 atom stereocenters. The number of aromatic nitrogens is 4. The van der Waals surface area contributed by atoms with Gasteiger partial charge in [0.25, 0.3) is 0 Å². The maximum atomic E-state index is 4.51. The van der Waals surface area contributed by atoms with Crippen molar-refractivity contribution in [1.29, 1.82) is 0 Å². The fourth-order valence-electron chi connectivity index (χ4n) is 1.63. The molecule has 2 heterocycles. The second-order valence-corrected chi connectivity index (χ2v) is 5.11. The first-order valence-electron chi connectivity index (χ1n) is 6.43. The molecule has 0 bridgehead atoms. The third-order valence-electron chi connectivity index (χ3n) is 2.78. The number of nitrogens with one attached hydrogen (secondary N) is 2. The van der Waals surface area contributed by atoms with Gasteiger partial charge in [-0.25, -0.2) is 9.97 Å². The highest BCUT2D eigenvalue weighted by Gasteiger charge is 2.04. The van der Waals surface area contributed by atoms with E-state index < -0.39 is 0 Å². The maximum absolute atomic E-state index is 4.51. The molecular formula is C12H20IN7S. The smallest absolute Gasteiger partial charge is 0.191 e. The zero-order valence-corrected chi connectivity index (χ0v) is 15.5. The minimum atomic E-state index is 0. The van der Waals surface area contributed by atoms with Gasteiger partial charge >= 0.3 is 0 Å². The number of guanidine groups is 1. The fourth-order valence-corrected chi connectivity index (χ4v) is 2.38. The zero-order chi connectivity index (χ0) is 14.4. The number of halogens is 1. The summed E-state index contributed by atoms with van der Waals surface area (Å²) < 4.78 is 1.73. The van der Waals surface area contributed by atoms with Gasteiger partial charge in [0.1, 0.15) is 12.2 Å². The van der Waals surface area contributed by atoms with E-state index in [-0.39, 0.29) is 24.0 Å². The highest BCUT2D eigenvalue weighted by atomic mass is 127. The Labute approximate surface area is 145 Å². The number of hydrogen-bond donors (Lipinski definition) is 2. The second-order valence-electron chi connectivity index (χ2n) is 4.17. The monoisotopic (exact) mass is 421 g/mol. The molecule has 0 aromatic carbocycles. The molecule has 2 rings (SSSR count). The minimum Gasteiger partial charge on any atom is -0.351 e. The first-order valence-corrected chi connectivity index (χ1v) is 7.31. The highest BCUT2D eigenvalue weighted by molar-refractivity contribution is 14.0. The Morgan fingerprint density at radius 1 is 1.38 bits per heavy atom. The van der Waals surface area contributed by atoms with Gasteiger partial charge in [-0.2, -0.15) is 5.10 Å². The third-order valence-corrected chi connectivity index (χ3v) is 3.82. The van der Waals surface area contributed by atoms with Crippen molar-refractivity contribution in [3.63, 3.8) is 0 Å². The molecule has 0 aliphatic carbocycles. The largest absolute Gasteiger partial charge is 0.351 e.